The summed E-state index contributed by atoms with van der Waals surface area (Å²) in [6.45, 7) is 6.39. The van der Waals surface area contributed by atoms with Crippen LogP contribution in [-0.2, 0) is 14.3 Å². The van der Waals surface area contributed by atoms with Gasteiger partial charge in [0.05, 0.1) is 19.1 Å². The number of hydrogen-bond donors (Lipinski definition) is 1. The van der Waals surface area contributed by atoms with Crippen molar-refractivity contribution in [3.63, 3.8) is 0 Å². The van der Waals surface area contributed by atoms with Crippen molar-refractivity contribution >= 4 is 23.6 Å². The molecule has 0 bridgehead atoms. The second-order valence-electron chi connectivity index (χ2n) is 3.61. The summed E-state index contributed by atoms with van der Waals surface area (Å²) in [6.07, 6.45) is 1.23. The predicted octanol–water partition coefficient (Wildman–Crippen LogP) is 1.17. The Morgan fingerprint density at radius 2 is 2.07 bits per heavy atom. The van der Waals surface area contributed by atoms with Crippen LogP contribution in [0.1, 0.15) is 20.3 Å². The Morgan fingerprint density at radius 3 is 2.13 bits per heavy atom. The van der Waals surface area contributed by atoms with E-state index in [0.717, 1.165) is 18.6 Å². The summed E-state index contributed by atoms with van der Waals surface area (Å²) >= 11 is 4.17. The number of methoxy groups -OCH3 is 1. The molecule has 2 N–H and O–H groups in total. The number of hydrogen-bond acceptors (Lipinski definition) is 5. The molecule has 0 aromatic heterocycles. The molecule has 90 valence electrons. The van der Waals surface area contributed by atoms with Crippen LogP contribution < -0.4 is 5.73 Å². The van der Waals surface area contributed by atoms with Crippen LogP contribution in [0.4, 0.5) is 0 Å². The second kappa shape index (κ2) is 10.0. The highest BCUT2D eigenvalue weighted by Crippen LogP contribution is 2.25. The third-order valence-electron chi connectivity index (χ3n) is 1.71. The van der Waals surface area contributed by atoms with Crippen molar-refractivity contribution < 1.29 is 14.3 Å². The highest BCUT2D eigenvalue weighted by Gasteiger charge is 2.22. The molecule has 5 heteroatoms. The van der Waals surface area contributed by atoms with E-state index in [2.05, 4.69) is 36.5 Å². The van der Waals surface area contributed by atoms with Crippen molar-refractivity contribution in [3.05, 3.63) is 0 Å². The van der Waals surface area contributed by atoms with Crippen LogP contribution in [0.25, 0.3) is 0 Å². The summed E-state index contributed by atoms with van der Waals surface area (Å²) in [6, 6.07) is 0. The lowest BCUT2D eigenvalue weighted by atomic mass is 9.94. The maximum atomic E-state index is 9.80. The average molecular weight is 235 g/mol. The third kappa shape index (κ3) is 11.4. The molecule has 1 aliphatic heterocycles. The fraction of sp³-hybridized carbons (Fsp3) is 0.800. The monoisotopic (exact) mass is 235 g/mol. The Kier molecular flexibility index (Phi) is 11.3. The Hall–Kier alpha value is -0.520. The van der Waals surface area contributed by atoms with E-state index in [9.17, 15) is 4.79 Å². The molecular formula is C10H21NO3S. The molecule has 0 aliphatic carbocycles. The van der Waals surface area contributed by atoms with Gasteiger partial charge in [-0.05, 0) is 18.9 Å². The summed E-state index contributed by atoms with van der Waals surface area (Å²) < 4.78 is 9.26. The number of rotatable bonds is 1. The van der Waals surface area contributed by atoms with Crippen LogP contribution in [0, 0.1) is 5.41 Å². The zero-order chi connectivity index (χ0) is 12.3. The molecular weight excluding hydrogens is 214 g/mol. The first-order valence-corrected chi connectivity index (χ1v) is 5.17. The molecule has 1 saturated heterocycles. The maximum absolute atomic E-state index is 9.80. The van der Waals surface area contributed by atoms with Gasteiger partial charge in [-0.25, -0.2) is 4.79 Å². The molecule has 1 fully saturated rings. The molecule has 4 nitrogen and oxygen atoms in total. The van der Waals surface area contributed by atoms with Gasteiger partial charge in [0.25, 0.3) is 0 Å². The summed E-state index contributed by atoms with van der Waals surface area (Å²) in [5.41, 5.74) is 4.97. The third-order valence-corrected chi connectivity index (χ3v) is 1.91. The molecule has 1 aliphatic rings. The Balaban J connectivity index is 0. The van der Waals surface area contributed by atoms with E-state index in [-0.39, 0.29) is 0 Å². The number of nitrogens with two attached hydrogens (primary N) is 1. The van der Waals surface area contributed by atoms with Crippen LogP contribution in [0.5, 0.6) is 0 Å². The molecule has 1 rings (SSSR count). The summed E-state index contributed by atoms with van der Waals surface area (Å²) in [5.74, 6) is -0.468. The Morgan fingerprint density at radius 1 is 1.53 bits per heavy atom. The molecule has 0 aromatic rings. The smallest absolute Gasteiger partial charge is 0.341 e. The SMILES string of the molecule is CC1(C)CCOC1.CN.COC(=O)C=S. The van der Waals surface area contributed by atoms with E-state index in [1.165, 1.54) is 20.6 Å². The largest absolute Gasteiger partial charge is 0.465 e. The van der Waals surface area contributed by atoms with E-state index < -0.39 is 5.97 Å². The van der Waals surface area contributed by atoms with E-state index in [1.807, 2.05) is 0 Å². The number of carbonyl (C=O) groups is 1. The standard InChI is InChI=1S/C6H12O.C3H4O2S.CH5N/c1-6(2)3-4-7-5-6;1-5-3(4)2-6;1-2/h3-5H2,1-2H3;2H,1H3;2H2,1H3. The lowest BCUT2D eigenvalue weighted by Crippen LogP contribution is -2.08. The van der Waals surface area contributed by atoms with Gasteiger partial charge < -0.3 is 15.2 Å². The quantitative estimate of drug-likeness (QED) is 0.546. The lowest BCUT2D eigenvalue weighted by molar-refractivity contribution is -0.131. The fourth-order valence-electron chi connectivity index (χ4n) is 0.817. The van der Waals surface area contributed by atoms with Crippen molar-refractivity contribution in [2.24, 2.45) is 11.1 Å². The minimum atomic E-state index is -0.468. The molecule has 0 spiro atoms. The maximum Gasteiger partial charge on any atom is 0.341 e. The summed E-state index contributed by atoms with van der Waals surface area (Å²) in [7, 11) is 2.78. The molecule has 0 saturated carbocycles. The second-order valence-corrected chi connectivity index (χ2v) is 3.84. The van der Waals surface area contributed by atoms with Gasteiger partial charge >= 0.3 is 5.97 Å². The van der Waals surface area contributed by atoms with E-state index in [1.54, 1.807) is 0 Å². The van der Waals surface area contributed by atoms with Gasteiger partial charge in [-0.2, -0.15) is 0 Å². The zero-order valence-corrected chi connectivity index (χ0v) is 10.7. The van der Waals surface area contributed by atoms with E-state index in [4.69, 9.17) is 4.74 Å². The van der Waals surface area contributed by atoms with Crippen molar-refractivity contribution in [1.82, 2.24) is 0 Å². The Bertz CT molecular complexity index is 176. The first-order chi connectivity index (χ1) is 7.02. The lowest BCUT2D eigenvalue weighted by Gasteiger charge is -2.11. The number of carbonyl (C=O) groups excluding carboxylic acids is 1. The zero-order valence-electron chi connectivity index (χ0n) is 9.91. The molecule has 0 amide bonds. The first-order valence-electron chi connectivity index (χ1n) is 4.70. The van der Waals surface area contributed by atoms with Crippen LogP contribution in [0.3, 0.4) is 0 Å². The predicted molar refractivity (Wildman–Crippen MR) is 65.0 cm³/mol. The minimum Gasteiger partial charge on any atom is -0.465 e. The van der Waals surface area contributed by atoms with E-state index >= 15 is 0 Å². The van der Waals surface area contributed by atoms with Crippen LogP contribution >= 0.6 is 12.2 Å². The van der Waals surface area contributed by atoms with Crippen molar-refractivity contribution in [2.75, 3.05) is 27.4 Å². The molecule has 0 atom stereocenters. The minimum absolute atomic E-state index is 0.468. The van der Waals surface area contributed by atoms with Gasteiger partial charge in [-0.15, -0.1) is 0 Å². The Labute approximate surface area is 97.1 Å². The highest BCUT2D eigenvalue weighted by atomic mass is 32.1. The number of thiocarbonyl (C=S) groups is 1. The van der Waals surface area contributed by atoms with Crippen molar-refractivity contribution in [1.29, 1.82) is 0 Å². The van der Waals surface area contributed by atoms with Gasteiger partial charge in [0.2, 0.25) is 0 Å². The molecule has 0 radical (unpaired) electrons. The molecule has 15 heavy (non-hydrogen) atoms. The summed E-state index contributed by atoms with van der Waals surface area (Å²) in [4.78, 5) is 9.80. The van der Waals surface area contributed by atoms with Crippen LogP contribution in [-0.4, -0.2) is 38.7 Å². The van der Waals surface area contributed by atoms with Gasteiger partial charge in [-0.3, -0.25) is 0 Å². The summed E-state index contributed by atoms with van der Waals surface area (Å²) in [5, 5.41) is 0.944. The molecule has 0 aromatic carbocycles. The molecule has 1 heterocycles. The fourth-order valence-corrected chi connectivity index (χ4v) is 0.913. The number of ether oxygens (including phenoxy) is 2. The molecule has 0 unspecified atom stereocenters. The topological polar surface area (TPSA) is 61.6 Å². The van der Waals surface area contributed by atoms with Gasteiger partial charge in [-0.1, -0.05) is 26.1 Å². The van der Waals surface area contributed by atoms with Gasteiger partial charge in [0.15, 0.2) is 0 Å². The highest BCUT2D eigenvalue weighted by molar-refractivity contribution is 7.80. The van der Waals surface area contributed by atoms with Crippen molar-refractivity contribution in [2.45, 2.75) is 20.3 Å². The van der Waals surface area contributed by atoms with Gasteiger partial charge in [0.1, 0.15) is 0 Å². The van der Waals surface area contributed by atoms with Gasteiger partial charge in [0, 0.05) is 6.61 Å². The number of esters is 1. The van der Waals surface area contributed by atoms with Crippen LogP contribution in [0.2, 0.25) is 0 Å². The van der Waals surface area contributed by atoms with Crippen LogP contribution in [0.15, 0.2) is 0 Å². The average Bonchev–Trinajstić information content (AvgIpc) is 2.65. The van der Waals surface area contributed by atoms with E-state index in [0.29, 0.717) is 5.41 Å². The van der Waals surface area contributed by atoms with Crippen molar-refractivity contribution in [3.8, 4) is 0 Å². The first kappa shape index (κ1) is 16.9. The normalized spacial score (nSPS) is 16.3.